The summed E-state index contributed by atoms with van der Waals surface area (Å²) in [7, 11) is 0. The van der Waals surface area contributed by atoms with Gasteiger partial charge in [0.05, 0.1) is 0 Å². The molecular weight excluding hydrogens is 176 g/mol. The number of anilines is 1. The maximum atomic E-state index is 11.3. The molecule has 1 amide bonds. The van der Waals surface area contributed by atoms with Crippen molar-refractivity contribution >= 4 is 11.6 Å². The molecule has 3 heteroatoms. The van der Waals surface area contributed by atoms with Crippen molar-refractivity contribution in [1.29, 1.82) is 0 Å². The lowest BCUT2D eigenvalue weighted by Gasteiger charge is -2.00. The van der Waals surface area contributed by atoms with E-state index >= 15 is 0 Å². The number of aromatic nitrogens is 1. The van der Waals surface area contributed by atoms with Gasteiger partial charge in [0.1, 0.15) is 0 Å². The molecule has 14 heavy (non-hydrogen) atoms. The van der Waals surface area contributed by atoms with E-state index in [-0.39, 0.29) is 5.91 Å². The second-order valence-electron chi connectivity index (χ2n) is 3.33. The summed E-state index contributed by atoms with van der Waals surface area (Å²) in [6, 6.07) is 3.50. The van der Waals surface area contributed by atoms with Crippen LogP contribution in [-0.2, 0) is 4.79 Å². The zero-order chi connectivity index (χ0) is 10.4. The van der Waals surface area contributed by atoms with E-state index in [1.807, 2.05) is 19.9 Å². The Morgan fingerprint density at radius 2 is 2.07 bits per heavy atom. The summed E-state index contributed by atoms with van der Waals surface area (Å²) < 4.78 is 0. The van der Waals surface area contributed by atoms with Gasteiger partial charge in [0.15, 0.2) is 0 Å². The summed E-state index contributed by atoms with van der Waals surface area (Å²) >= 11 is 0. The van der Waals surface area contributed by atoms with Gasteiger partial charge in [-0.2, -0.15) is 0 Å². The van der Waals surface area contributed by atoms with Crippen LogP contribution in [0.1, 0.15) is 13.8 Å². The Labute approximate surface area is 83.9 Å². The molecule has 0 aliphatic heterocycles. The number of carbonyl (C=O) groups excluding carboxylic acids is 1. The highest BCUT2D eigenvalue weighted by Gasteiger charge is 1.96. The fraction of sp³-hybridized carbons (Fsp3) is 0.273. The molecule has 0 saturated heterocycles. The molecule has 0 radical (unpaired) electrons. The number of nitrogens with zero attached hydrogens (tertiary/aromatic N) is 1. The van der Waals surface area contributed by atoms with E-state index in [0.29, 0.717) is 5.92 Å². The largest absolute Gasteiger partial charge is 0.322 e. The lowest BCUT2D eigenvalue weighted by atomic mass is 10.2. The van der Waals surface area contributed by atoms with Crippen LogP contribution in [0.15, 0.2) is 36.7 Å². The predicted molar refractivity (Wildman–Crippen MR) is 56.8 cm³/mol. The zero-order valence-electron chi connectivity index (χ0n) is 8.40. The monoisotopic (exact) mass is 190 g/mol. The average Bonchev–Trinajstić information content (AvgIpc) is 2.16. The van der Waals surface area contributed by atoms with Gasteiger partial charge >= 0.3 is 0 Å². The van der Waals surface area contributed by atoms with Gasteiger partial charge < -0.3 is 5.32 Å². The summed E-state index contributed by atoms with van der Waals surface area (Å²) in [6.45, 7) is 4.05. The van der Waals surface area contributed by atoms with Crippen molar-refractivity contribution in [3.8, 4) is 0 Å². The van der Waals surface area contributed by atoms with E-state index in [9.17, 15) is 4.79 Å². The summed E-state index contributed by atoms with van der Waals surface area (Å²) in [5.74, 6) is 0.281. The highest BCUT2D eigenvalue weighted by molar-refractivity contribution is 5.99. The molecule has 0 aliphatic rings. The quantitative estimate of drug-likeness (QED) is 0.742. The standard InChI is InChI=1S/C11H14N2O/c1-9(2)3-4-11(14)13-10-5-7-12-8-6-10/h3-9H,1-2H3,(H,12,13,14)/b4-3+. The summed E-state index contributed by atoms with van der Waals surface area (Å²) in [5.41, 5.74) is 0.762. The third-order valence-corrected chi connectivity index (χ3v) is 1.58. The van der Waals surface area contributed by atoms with E-state index in [1.54, 1.807) is 30.6 Å². The van der Waals surface area contributed by atoms with Gasteiger partial charge in [-0.15, -0.1) is 0 Å². The lowest BCUT2D eigenvalue weighted by molar-refractivity contribution is -0.111. The van der Waals surface area contributed by atoms with Crippen molar-refractivity contribution in [3.05, 3.63) is 36.7 Å². The minimum atomic E-state index is -0.107. The molecule has 1 aromatic rings. The normalized spacial score (nSPS) is 10.8. The van der Waals surface area contributed by atoms with Crippen LogP contribution in [0.4, 0.5) is 5.69 Å². The number of rotatable bonds is 3. The first-order valence-corrected chi connectivity index (χ1v) is 4.57. The fourth-order valence-corrected chi connectivity index (χ4v) is 0.899. The third kappa shape index (κ3) is 3.85. The van der Waals surface area contributed by atoms with Crippen molar-refractivity contribution in [2.24, 2.45) is 5.92 Å². The number of nitrogens with one attached hydrogen (secondary N) is 1. The van der Waals surface area contributed by atoms with Crippen molar-refractivity contribution < 1.29 is 4.79 Å². The number of hydrogen-bond donors (Lipinski definition) is 1. The van der Waals surface area contributed by atoms with E-state index in [1.165, 1.54) is 0 Å². The minimum Gasteiger partial charge on any atom is -0.322 e. The van der Waals surface area contributed by atoms with Gasteiger partial charge in [-0.05, 0) is 24.1 Å². The van der Waals surface area contributed by atoms with E-state index in [4.69, 9.17) is 0 Å². The highest BCUT2D eigenvalue weighted by atomic mass is 16.1. The molecule has 0 saturated carbocycles. The molecule has 0 aliphatic carbocycles. The van der Waals surface area contributed by atoms with E-state index in [2.05, 4.69) is 10.3 Å². The van der Waals surface area contributed by atoms with Gasteiger partial charge in [-0.3, -0.25) is 9.78 Å². The second kappa shape index (κ2) is 5.17. The molecule has 1 N–H and O–H groups in total. The van der Waals surface area contributed by atoms with E-state index in [0.717, 1.165) is 5.69 Å². The molecule has 3 nitrogen and oxygen atoms in total. The Hall–Kier alpha value is -1.64. The highest BCUT2D eigenvalue weighted by Crippen LogP contribution is 2.03. The van der Waals surface area contributed by atoms with Crippen molar-refractivity contribution in [3.63, 3.8) is 0 Å². The van der Waals surface area contributed by atoms with Crippen LogP contribution in [0.2, 0.25) is 0 Å². The zero-order valence-corrected chi connectivity index (χ0v) is 8.40. The first-order chi connectivity index (χ1) is 6.68. The first kappa shape index (κ1) is 10.4. The smallest absolute Gasteiger partial charge is 0.248 e. The minimum absolute atomic E-state index is 0.107. The number of carbonyl (C=O) groups is 1. The molecule has 0 spiro atoms. The molecular formula is C11H14N2O. The molecule has 74 valence electrons. The fourth-order valence-electron chi connectivity index (χ4n) is 0.899. The summed E-state index contributed by atoms with van der Waals surface area (Å²) in [5, 5.41) is 2.73. The molecule has 1 rings (SSSR count). The summed E-state index contributed by atoms with van der Waals surface area (Å²) in [6.07, 6.45) is 6.69. The Morgan fingerprint density at radius 3 is 2.64 bits per heavy atom. The molecule has 0 aromatic carbocycles. The lowest BCUT2D eigenvalue weighted by Crippen LogP contribution is -2.07. The first-order valence-electron chi connectivity index (χ1n) is 4.57. The van der Waals surface area contributed by atoms with Crippen LogP contribution in [-0.4, -0.2) is 10.9 Å². The van der Waals surface area contributed by atoms with Gasteiger partial charge in [0.25, 0.3) is 0 Å². The van der Waals surface area contributed by atoms with Crippen molar-refractivity contribution in [2.45, 2.75) is 13.8 Å². The molecule has 0 unspecified atom stereocenters. The molecule has 0 atom stereocenters. The Morgan fingerprint density at radius 1 is 1.43 bits per heavy atom. The average molecular weight is 190 g/mol. The SMILES string of the molecule is CC(C)/C=C/C(=O)Nc1ccncc1. The molecule has 0 fully saturated rings. The second-order valence-corrected chi connectivity index (χ2v) is 3.33. The van der Waals surface area contributed by atoms with Crippen LogP contribution in [0.3, 0.4) is 0 Å². The third-order valence-electron chi connectivity index (χ3n) is 1.58. The number of hydrogen-bond acceptors (Lipinski definition) is 2. The Balaban J connectivity index is 2.50. The predicted octanol–water partition coefficient (Wildman–Crippen LogP) is 2.23. The van der Waals surface area contributed by atoms with Crippen LogP contribution in [0, 0.1) is 5.92 Å². The van der Waals surface area contributed by atoms with Crippen LogP contribution >= 0.6 is 0 Å². The number of allylic oxidation sites excluding steroid dienone is 1. The maximum Gasteiger partial charge on any atom is 0.248 e. The Bertz CT molecular complexity index is 317. The number of amides is 1. The molecule has 0 bridgehead atoms. The number of pyridine rings is 1. The van der Waals surface area contributed by atoms with Crippen LogP contribution in [0.5, 0.6) is 0 Å². The Kier molecular flexibility index (Phi) is 3.85. The van der Waals surface area contributed by atoms with Gasteiger partial charge in [0, 0.05) is 18.1 Å². The van der Waals surface area contributed by atoms with Gasteiger partial charge in [0.2, 0.25) is 5.91 Å². The summed E-state index contributed by atoms with van der Waals surface area (Å²) in [4.78, 5) is 15.2. The van der Waals surface area contributed by atoms with Gasteiger partial charge in [-0.1, -0.05) is 19.9 Å². The van der Waals surface area contributed by atoms with Crippen LogP contribution < -0.4 is 5.32 Å². The molecule has 1 heterocycles. The maximum absolute atomic E-state index is 11.3. The van der Waals surface area contributed by atoms with Gasteiger partial charge in [-0.25, -0.2) is 0 Å². The van der Waals surface area contributed by atoms with E-state index < -0.39 is 0 Å². The molecule has 1 aromatic heterocycles. The van der Waals surface area contributed by atoms with Crippen molar-refractivity contribution in [1.82, 2.24) is 4.98 Å². The van der Waals surface area contributed by atoms with Crippen LogP contribution in [0.25, 0.3) is 0 Å². The topological polar surface area (TPSA) is 42.0 Å². The van der Waals surface area contributed by atoms with Crippen molar-refractivity contribution in [2.75, 3.05) is 5.32 Å².